The van der Waals surface area contributed by atoms with Crippen LogP contribution >= 0.6 is 11.3 Å². The molecule has 4 N–H and O–H groups in total. The zero-order valence-electron chi connectivity index (χ0n) is 11.3. The molecule has 0 amide bonds. The summed E-state index contributed by atoms with van der Waals surface area (Å²) in [6.07, 6.45) is 1.48. The van der Waals surface area contributed by atoms with Crippen molar-refractivity contribution in [3.05, 3.63) is 44.7 Å². The van der Waals surface area contributed by atoms with Gasteiger partial charge in [0, 0.05) is 17.4 Å². The van der Waals surface area contributed by atoms with Gasteiger partial charge in [0.05, 0.1) is 0 Å². The van der Waals surface area contributed by atoms with E-state index >= 15 is 0 Å². The first-order valence-corrected chi connectivity index (χ1v) is 8.77. The summed E-state index contributed by atoms with van der Waals surface area (Å²) in [6.45, 7) is 1.58. The van der Waals surface area contributed by atoms with Gasteiger partial charge in [-0.05, 0) is 43.0 Å². The van der Waals surface area contributed by atoms with Gasteiger partial charge in [-0.2, -0.15) is 0 Å². The number of aromatic nitrogens is 1. The minimum atomic E-state index is -3.70. The van der Waals surface area contributed by atoms with Crippen LogP contribution in [0.2, 0.25) is 0 Å². The lowest BCUT2D eigenvalue weighted by Gasteiger charge is -2.14. The van der Waals surface area contributed by atoms with Crippen molar-refractivity contribution in [3.8, 4) is 0 Å². The molecule has 2 aromatic rings. The highest BCUT2D eigenvalue weighted by atomic mass is 32.2. The molecule has 1 aromatic heterocycles. The Labute approximate surface area is 126 Å². The number of nitrogen functional groups attached to an aromatic ring is 1. The van der Waals surface area contributed by atoms with Gasteiger partial charge in [0.1, 0.15) is 0 Å². The topological polar surface area (TPSA) is 105 Å². The van der Waals surface area contributed by atoms with Gasteiger partial charge in [-0.15, -0.1) is 0 Å². The third kappa shape index (κ3) is 2.61. The molecule has 8 heteroatoms. The Hall–Kier alpha value is -1.64. The van der Waals surface area contributed by atoms with E-state index in [0.717, 1.165) is 17.5 Å². The van der Waals surface area contributed by atoms with E-state index in [9.17, 15) is 13.2 Å². The van der Waals surface area contributed by atoms with Crippen molar-refractivity contribution < 1.29 is 8.42 Å². The van der Waals surface area contributed by atoms with Crippen LogP contribution in [0.5, 0.6) is 0 Å². The fourth-order valence-electron chi connectivity index (χ4n) is 2.65. The minimum Gasteiger partial charge on any atom is -0.399 e. The first-order valence-electron chi connectivity index (χ1n) is 6.47. The quantitative estimate of drug-likeness (QED) is 0.740. The van der Waals surface area contributed by atoms with Gasteiger partial charge < -0.3 is 10.7 Å². The van der Waals surface area contributed by atoms with Crippen molar-refractivity contribution in [2.24, 2.45) is 0 Å². The van der Waals surface area contributed by atoms with Crippen LogP contribution in [0.25, 0.3) is 0 Å². The Kier molecular flexibility index (Phi) is 3.39. The molecule has 1 aliphatic carbocycles. The zero-order valence-corrected chi connectivity index (χ0v) is 13.0. The number of nitrogens with two attached hydrogens (primary N) is 1. The lowest BCUT2D eigenvalue weighted by atomic mass is 10.1. The second kappa shape index (κ2) is 4.97. The molecule has 1 aliphatic rings. The van der Waals surface area contributed by atoms with Crippen LogP contribution in [-0.2, 0) is 16.4 Å². The van der Waals surface area contributed by atoms with E-state index in [0.29, 0.717) is 29.1 Å². The van der Waals surface area contributed by atoms with Gasteiger partial charge in [0.25, 0.3) is 10.0 Å². The highest BCUT2D eigenvalue weighted by Gasteiger charge is 2.29. The van der Waals surface area contributed by atoms with Gasteiger partial charge in [0.2, 0.25) is 0 Å². The molecule has 6 nitrogen and oxygen atoms in total. The molecule has 3 rings (SSSR count). The number of sulfonamides is 1. The molecule has 1 atom stereocenters. The monoisotopic (exact) mass is 325 g/mol. The van der Waals surface area contributed by atoms with Gasteiger partial charge in [-0.25, -0.2) is 13.1 Å². The number of nitrogens with one attached hydrogen (secondary N) is 2. The third-order valence-corrected chi connectivity index (χ3v) is 6.64. The average molecular weight is 325 g/mol. The van der Waals surface area contributed by atoms with E-state index in [4.69, 9.17) is 5.73 Å². The number of hydrogen-bond acceptors (Lipinski definition) is 5. The third-order valence-electron chi connectivity index (χ3n) is 3.57. The van der Waals surface area contributed by atoms with E-state index in [1.165, 1.54) is 0 Å². The molecule has 0 spiro atoms. The lowest BCUT2D eigenvalue weighted by Crippen LogP contribution is -2.27. The predicted octanol–water partition coefficient (Wildman–Crippen LogP) is 1.29. The molecule has 0 radical (unpaired) electrons. The number of benzene rings is 1. The van der Waals surface area contributed by atoms with Crippen LogP contribution in [0.3, 0.4) is 0 Å². The molecule has 112 valence electrons. The molecule has 1 unspecified atom stereocenters. The van der Waals surface area contributed by atoms with E-state index < -0.39 is 10.0 Å². The van der Waals surface area contributed by atoms with E-state index in [-0.39, 0.29) is 15.1 Å². The van der Waals surface area contributed by atoms with Crippen molar-refractivity contribution in [2.75, 3.05) is 5.73 Å². The maximum absolute atomic E-state index is 12.4. The second-order valence-corrected chi connectivity index (χ2v) is 7.99. The number of anilines is 1. The van der Waals surface area contributed by atoms with Crippen LogP contribution in [0.15, 0.2) is 27.2 Å². The van der Waals surface area contributed by atoms with Crippen molar-refractivity contribution >= 4 is 27.0 Å². The van der Waals surface area contributed by atoms with Crippen molar-refractivity contribution in [1.82, 2.24) is 9.71 Å². The molecule has 0 fully saturated rings. The number of rotatable bonds is 3. The first kappa shape index (κ1) is 14.3. The first-order chi connectivity index (χ1) is 9.87. The van der Waals surface area contributed by atoms with Gasteiger partial charge in [-0.3, -0.25) is 4.79 Å². The minimum absolute atomic E-state index is 0.0522. The number of aromatic amines is 1. The maximum Gasteiger partial charge on any atom is 0.305 e. The maximum atomic E-state index is 12.4. The number of thiazole rings is 1. The molecule has 1 aromatic carbocycles. The highest BCUT2D eigenvalue weighted by Crippen LogP contribution is 2.33. The SMILES string of the molecule is Cc1[nH]c(=O)sc1S(=O)(=O)NC1CCc2cc(N)ccc21. The highest BCUT2D eigenvalue weighted by molar-refractivity contribution is 7.91. The molecule has 0 aliphatic heterocycles. The van der Waals surface area contributed by atoms with Crippen LogP contribution in [-0.4, -0.2) is 13.4 Å². The van der Waals surface area contributed by atoms with Crippen molar-refractivity contribution in [3.63, 3.8) is 0 Å². The number of hydrogen-bond donors (Lipinski definition) is 3. The van der Waals surface area contributed by atoms with Crippen LogP contribution in [0, 0.1) is 6.92 Å². The molecule has 0 saturated carbocycles. The number of aryl methyl sites for hydroxylation is 2. The molecular formula is C13H15N3O3S2. The Morgan fingerprint density at radius 1 is 1.43 bits per heavy atom. The summed E-state index contributed by atoms with van der Waals surface area (Å²) >= 11 is 0.707. The standard InChI is InChI=1S/C13H15N3O3S2/c1-7-12(20-13(17)15-7)21(18,19)16-11-5-2-8-6-9(14)3-4-10(8)11/h3-4,6,11,16H,2,5,14H2,1H3,(H,15,17). The smallest absolute Gasteiger partial charge is 0.305 e. The lowest BCUT2D eigenvalue weighted by molar-refractivity contribution is 0.556. The summed E-state index contributed by atoms with van der Waals surface area (Å²) < 4.78 is 27.6. The number of H-pyrrole nitrogens is 1. The van der Waals surface area contributed by atoms with Crippen LogP contribution in [0.1, 0.15) is 29.3 Å². The molecule has 0 saturated heterocycles. The van der Waals surface area contributed by atoms with E-state index in [2.05, 4.69) is 9.71 Å². The largest absolute Gasteiger partial charge is 0.399 e. The summed E-state index contributed by atoms with van der Waals surface area (Å²) in [4.78, 5) is 13.4. The molecule has 21 heavy (non-hydrogen) atoms. The Balaban J connectivity index is 1.92. The Morgan fingerprint density at radius 3 is 2.86 bits per heavy atom. The summed E-state index contributed by atoms with van der Waals surface area (Å²) in [5.41, 5.74) is 8.81. The number of fused-ring (bicyclic) bond motifs is 1. The summed E-state index contributed by atoms with van der Waals surface area (Å²) in [5, 5.41) is 0. The fraction of sp³-hybridized carbons (Fsp3) is 0.308. The van der Waals surface area contributed by atoms with E-state index in [1.807, 2.05) is 12.1 Å². The predicted molar refractivity (Wildman–Crippen MR) is 81.9 cm³/mol. The fourth-order valence-corrected chi connectivity index (χ4v) is 5.21. The van der Waals surface area contributed by atoms with Gasteiger partial charge >= 0.3 is 4.87 Å². The average Bonchev–Trinajstić information content (AvgIpc) is 2.93. The molecular weight excluding hydrogens is 310 g/mol. The molecule has 1 heterocycles. The van der Waals surface area contributed by atoms with Gasteiger partial charge in [0.15, 0.2) is 4.21 Å². The van der Waals surface area contributed by atoms with Crippen LogP contribution < -0.4 is 15.3 Å². The normalized spacial score (nSPS) is 17.9. The van der Waals surface area contributed by atoms with Gasteiger partial charge in [-0.1, -0.05) is 17.4 Å². The Morgan fingerprint density at radius 2 is 2.19 bits per heavy atom. The zero-order chi connectivity index (χ0) is 15.2. The molecule has 0 bridgehead atoms. The second-order valence-electron chi connectivity index (χ2n) is 5.10. The Bertz CT molecular complexity index is 852. The summed E-state index contributed by atoms with van der Waals surface area (Å²) in [7, 11) is -3.70. The van der Waals surface area contributed by atoms with Crippen molar-refractivity contribution in [1.29, 1.82) is 0 Å². The van der Waals surface area contributed by atoms with Crippen molar-refractivity contribution in [2.45, 2.75) is 30.0 Å². The summed E-state index contributed by atoms with van der Waals surface area (Å²) in [5.74, 6) is 0. The van der Waals surface area contributed by atoms with E-state index in [1.54, 1.807) is 13.0 Å². The van der Waals surface area contributed by atoms with Crippen LogP contribution in [0.4, 0.5) is 5.69 Å². The summed E-state index contributed by atoms with van der Waals surface area (Å²) in [6, 6.07) is 5.23.